The summed E-state index contributed by atoms with van der Waals surface area (Å²) in [7, 11) is 0. The van der Waals surface area contributed by atoms with Gasteiger partial charge in [-0.3, -0.25) is 9.80 Å². The number of anilines is 1. The van der Waals surface area contributed by atoms with Crippen molar-refractivity contribution in [2.45, 2.75) is 19.3 Å². The number of hydrazone groups is 1. The fourth-order valence-corrected chi connectivity index (χ4v) is 1.76. The van der Waals surface area contributed by atoms with Crippen LogP contribution in [-0.2, 0) is 4.79 Å². The van der Waals surface area contributed by atoms with Crippen molar-refractivity contribution in [1.29, 1.82) is 0 Å². The number of amidine groups is 1. The van der Waals surface area contributed by atoms with Gasteiger partial charge in [-0.2, -0.15) is 5.10 Å². The Kier molecular flexibility index (Phi) is 2.99. The van der Waals surface area contributed by atoms with Gasteiger partial charge in [0.25, 0.3) is 0 Å². The van der Waals surface area contributed by atoms with Crippen LogP contribution in [-0.4, -0.2) is 23.5 Å². The van der Waals surface area contributed by atoms with Crippen LogP contribution in [0.2, 0.25) is 0 Å². The average Bonchev–Trinajstić information content (AvgIpc) is 2.75. The molecule has 5 nitrogen and oxygen atoms in total. The molecule has 0 spiro atoms. The Balaban J connectivity index is 2.26. The standard InChI is InChI=1S/C12H15N3O2/c1-8(12(16)17)9-3-2-4-10(7-9)15-6-5-11(13)14-15/h2-4,7-8H,5-6H2,1H3,(H2,13,14)(H,16,17). The molecule has 3 N–H and O–H groups in total. The summed E-state index contributed by atoms with van der Waals surface area (Å²) >= 11 is 0. The SMILES string of the molecule is CC(C(=O)O)c1cccc(N2CCC(N)=N2)c1. The number of carbonyl (C=O) groups is 1. The van der Waals surface area contributed by atoms with Crippen molar-refractivity contribution >= 4 is 17.5 Å². The zero-order valence-electron chi connectivity index (χ0n) is 9.63. The highest BCUT2D eigenvalue weighted by Crippen LogP contribution is 2.24. The number of hydrogen-bond acceptors (Lipinski definition) is 4. The number of benzene rings is 1. The number of hydrogen-bond donors (Lipinski definition) is 2. The summed E-state index contributed by atoms with van der Waals surface area (Å²) in [5.74, 6) is -0.729. The van der Waals surface area contributed by atoms with E-state index in [4.69, 9.17) is 10.8 Å². The Bertz CT molecular complexity index is 471. The fraction of sp³-hybridized carbons (Fsp3) is 0.333. The molecule has 1 aromatic carbocycles. The van der Waals surface area contributed by atoms with Gasteiger partial charge in [0.1, 0.15) is 5.84 Å². The quantitative estimate of drug-likeness (QED) is 0.826. The Morgan fingerprint density at radius 1 is 1.59 bits per heavy atom. The molecule has 5 heteroatoms. The van der Waals surface area contributed by atoms with Gasteiger partial charge >= 0.3 is 5.97 Å². The summed E-state index contributed by atoms with van der Waals surface area (Å²) in [4.78, 5) is 10.9. The van der Waals surface area contributed by atoms with E-state index in [9.17, 15) is 4.79 Å². The Morgan fingerprint density at radius 2 is 2.35 bits per heavy atom. The van der Waals surface area contributed by atoms with Crippen molar-refractivity contribution in [1.82, 2.24) is 0 Å². The molecule has 0 saturated heterocycles. The number of aliphatic carboxylic acids is 1. The molecule has 0 bridgehead atoms. The van der Waals surface area contributed by atoms with Gasteiger partial charge in [0.15, 0.2) is 0 Å². The van der Waals surface area contributed by atoms with E-state index in [1.807, 2.05) is 24.3 Å². The zero-order chi connectivity index (χ0) is 12.4. The predicted molar refractivity (Wildman–Crippen MR) is 66.1 cm³/mol. The van der Waals surface area contributed by atoms with Crippen molar-refractivity contribution < 1.29 is 9.90 Å². The minimum Gasteiger partial charge on any atom is -0.481 e. The molecule has 0 radical (unpaired) electrons. The maximum Gasteiger partial charge on any atom is 0.310 e. The van der Waals surface area contributed by atoms with Crippen LogP contribution in [0.5, 0.6) is 0 Å². The molecule has 1 heterocycles. The summed E-state index contributed by atoms with van der Waals surface area (Å²) in [5.41, 5.74) is 7.28. The molecule has 2 rings (SSSR count). The lowest BCUT2D eigenvalue weighted by atomic mass is 10.0. The Hall–Kier alpha value is -2.04. The third-order valence-electron chi connectivity index (χ3n) is 2.87. The van der Waals surface area contributed by atoms with Crippen LogP contribution in [0.1, 0.15) is 24.8 Å². The second-order valence-electron chi connectivity index (χ2n) is 4.12. The number of carboxylic acid groups (broad SMARTS) is 1. The molecule has 0 fully saturated rings. The van der Waals surface area contributed by atoms with E-state index in [1.54, 1.807) is 11.9 Å². The van der Waals surface area contributed by atoms with Crippen LogP contribution in [0.4, 0.5) is 5.69 Å². The molecule has 0 aromatic heterocycles. The molecular weight excluding hydrogens is 218 g/mol. The van der Waals surface area contributed by atoms with Crippen molar-refractivity contribution in [3.05, 3.63) is 29.8 Å². The minimum absolute atomic E-state index is 0.515. The van der Waals surface area contributed by atoms with E-state index < -0.39 is 11.9 Å². The highest BCUT2D eigenvalue weighted by Gasteiger charge is 2.17. The van der Waals surface area contributed by atoms with Gasteiger partial charge < -0.3 is 10.8 Å². The van der Waals surface area contributed by atoms with Gasteiger partial charge in [0.2, 0.25) is 0 Å². The molecule has 0 aliphatic carbocycles. The Morgan fingerprint density at radius 3 is 2.94 bits per heavy atom. The third kappa shape index (κ3) is 2.38. The van der Waals surface area contributed by atoms with Crippen molar-refractivity contribution in [2.75, 3.05) is 11.6 Å². The predicted octanol–water partition coefficient (Wildman–Crippen LogP) is 1.36. The molecule has 17 heavy (non-hydrogen) atoms. The first kappa shape index (κ1) is 11.4. The normalized spacial score (nSPS) is 16.8. The third-order valence-corrected chi connectivity index (χ3v) is 2.87. The molecule has 1 unspecified atom stereocenters. The molecular formula is C12H15N3O2. The van der Waals surface area contributed by atoms with Gasteiger partial charge in [0, 0.05) is 13.0 Å². The molecule has 90 valence electrons. The molecule has 1 aromatic rings. The molecule has 1 aliphatic rings. The van der Waals surface area contributed by atoms with E-state index in [0.29, 0.717) is 5.84 Å². The molecule has 1 atom stereocenters. The first-order valence-electron chi connectivity index (χ1n) is 5.51. The van der Waals surface area contributed by atoms with Crippen molar-refractivity contribution in [2.24, 2.45) is 10.8 Å². The van der Waals surface area contributed by atoms with Gasteiger partial charge in [-0.25, -0.2) is 0 Å². The number of rotatable bonds is 3. The van der Waals surface area contributed by atoms with Crippen molar-refractivity contribution in [3.8, 4) is 0 Å². The van der Waals surface area contributed by atoms with Crippen LogP contribution in [0.25, 0.3) is 0 Å². The van der Waals surface area contributed by atoms with E-state index in [1.165, 1.54) is 0 Å². The minimum atomic E-state index is -0.827. The average molecular weight is 233 g/mol. The Labute approximate surface area is 99.5 Å². The second-order valence-corrected chi connectivity index (χ2v) is 4.12. The lowest BCUT2D eigenvalue weighted by molar-refractivity contribution is -0.138. The van der Waals surface area contributed by atoms with Crippen LogP contribution in [0.15, 0.2) is 29.4 Å². The smallest absolute Gasteiger partial charge is 0.310 e. The maximum absolute atomic E-state index is 10.9. The van der Waals surface area contributed by atoms with Crippen LogP contribution in [0, 0.1) is 0 Å². The lowest BCUT2D eigenvalue weighted by Crippen LogP contribution is -2.13. The number of carboxylic acids is 1. The second kappa shape index (κ2) is 4.45. The summed E-state index contributed by atoms with van der Waals surface area (Å²) in [6.07, 6.45) is 0.749. The summed E-state index contributed by atoms with van der Waals surface area (Å²) in [5, 5.41) is 15.0. The van der Waals surface area contributed by atoms with Gasteiger partial charge in [0.05, 0.1) is 11.6 Å². The maximum atomic E-state index is 10.9. The van der Waals surface area contributed by atoms with Gasteiger partial charge in [-0.15, -0.1) is 0 Å². The first-order valence-corrected chi connectivity index (χ1v) is 5.51. The van der Waals surface area contributed by atoms with E-state index in [2.05, 4.69) is 5.10 Å². The topological polar surface area (TPSA) is 78.9 Å². The zero-order valence-corrected chi connectivity index (χ0v) is 9.63. The highest BCUT2D eigenvalue weighted by molar-refractivity contribution is 5.84. The van der Waals surface area contributed by atoms with Crippen LogP contribution in [0.3, 0.4) is 0 Å². The number of nitrogens with two attached hydrogens (primary N) is 1. The molecule has 1 aliphatic heterocycles. The van der Waals surface area contributed by atoms with Gasteiger partial charge in [-0.1, -0.05) is 12.1 Å². The van der Waals surface area contributed by atoms with E-state index in [0.717, 1.165) is 24.2 Å². The number of nitrogens with zero attached hydrogens (tertiary/aromatic N) is 2. The highest BCUT2D eigenvalue weighted by atomic mass is 16.4. The van der Waals surface area contributed by atoms with Gasteiger partial charge in [-0.05, 0) is 24.6 Å². The van der Waals surface area contributed by atoms with Crippen LogP contribution < -0.4 is 10.7 Å². The van der Waals surface area contributed by atoms with E-state index in [-0.39, 0.29) is 0 Å². The van der Waals surface area contributed by atoms with Crippen LogP contribution >= 0.6 is 0 Å². The largest absolute Gasteiger partial charge is 0.481 e. The summed E-state index contributed by atoms with van der Waals surface area (Å²) in [6.45, 7) is 2.42. The monoisotopic (exact) mass is 233 g/mol. The molecule has 0 saturated carbocycles. The molecule has 0 amide bonds. The lowest BCUT2D eigenvalue weighted by Gasteiger charge is -2.15. The van der Waals surface area contributed by atoms with E-state index >= 15 is 0 Å². The first-order chi connectivity index (χ1) is 8.08. The summed E-state index contributed by atoms with van der Waals surface area (Å²) < 4.78 is 0. The fourth-order valence-electron chi connectivity index (χ4n) is 1.76. The summed E-state index contributed by atoms with van der Waals surface area (Å²) in [6, 6.07) is 7.40. The van der Waals surface area contributed by atoms with Crippen molar-refractivity contribution in [3.63, 3.8) is 0 Å².